The average molecular weight is 515 g/mol. The van der Waals surface area contributed by atoms with E-state index in [1.807, 2.05) is 50.2 Å². The van der Waals surface area contributed by atoms with Gasteiger partial charge in [0.05, 0.1) is 6.42 Å². The van der Waals surface area contributed by atoms with Crippen molar-refractivity contribution in [3.8, 4) is 0 Å². The van der Waals surface area contributed by atoms with Crippen molar-refractivity contribution in [1.29, 1.82) is 0 Å². The summed E-state index contributed by atoms with van der Waals surface area (Å²) in [4.78, 5) is 28.7. The Hall–Kier alpha value is -2.89. The summed E-state index contributed by atoms with van der Waals surface area (Å²) < 4.78 is 14.5. The monoisotopic (exact) mass is 514 g/mol. The van der Waals surface area contributed by atoms with E-state index >= 15 is 0 Å². The maximum absolute atomic E-state index is 14.5. The number of hydrogen-bond acceptors (Lipinski definition) is 2. The number of halogens is 3. The molecule has 2 atom stereocenters. The van der Waals surface area contributed by atoms with E-state index in [1.165, 1.54) is 17.0 Å². The van der Waals surface area contributed by atoms with Gasteiger partial charge >= 0.3 is 0 Å². The van der Waals surface area contributed by atoms with E-state index in [0.717, 1.165) is 17.5 Å². The van der Waals surface area contributed by atoms with Gasteiger partial charge in [0.25, 0.3) is 0 Å². The second-order valence-corrected chi connectivity index (χ2v) is 9.40. The van der Waals surface area contributed by atoms with Gasteiger partial charge in [-0.1, -0.05) is 78.7 Å². The summed E-state index contributed by atoms with van der Waals surface area (Å²) in [5.41, 5.74) is 1.78. The molecule has 0 spiro atoms. The molecule has 0 radical (unpaired) electrons. The van der Waals surface area contributed by atoms with Gasteiger partial charge in [-0.2, -0.15) is 0 Å². The molecule has 0 bridgehead atoms. The van der Waals surface area contributed by atoms with Gasteiger partial charge in [-0.15, -0.1) is 0 Å². The zero-order valence-corrected chi connectivity index (χ0v) is 21.3. The Balaban J connectivity index is 2.01. The van der Waals surface area contributed by atoms with Crippen molar-refractivity contribution < 1.29 is 14.0 Å². The fourth-order valence-corrected chi connectivity index (χ4v) is 4.22. The molecule has 0 aliphatic heterocycles. The van der Waals surface area contributed by atoms with Gasteiger partial charge in [-0.05, 0) is 48.7 Å². The topological polar surface area (TPSA) is 49.4 Å². The van der Waals surface area contributed by atoms with E-state index in [1.54, 1.807) is 24.3 Å². The Bertz CT molecular complexity index is 1140. The lowest BCUT2D eigenvalue weighted by Gasteiger charge is -2.32. The third-order valence-corrected chi connectivity index (χ3v) is 6.49. The Labute approximate surface area is 216 Å². The lowest BCUT2D eigenvalue weighted by atomic mass is 10.0. The lowest BCUT2D eigenvalue weighted by Crippen LogP contribution is -2.52. The second kappa shape index (κ2) is 12.7. The molecule has 184 valence electrons. The molecule has 0 saturated heterocycles. The third-order valence-electron chi connectivity index (χ3n) is 5.90. The third kappa shape index (κ3) is 7.55. The smallest absolute Gasteiger partial charge is 0.243 e. The molecule has 35 heavy (non-hydrogen) atoms. The SMILES string of the molecule is CC[C@H](C)NC(=O)[C@@H](Cc1ccccc1)N(Cc1cccc(Cl)c1)C(=O)Cc1c(F)cccc1Cl. The quantitative estimate of drug-likeness (QED) is 0.348. The van der Waals surface area contributed by atoms with E-state index in [4.69, 9.17) is 23.2 Å². The molecule has 0 aliphatic carbocycles. The van der Waals surface area contributed by atoms with E-state index in [-0.39, 0.29) is 35.5 Å². The molecule has 3 aromatic carbocycles. The number of amides is 2. The standard InChI is InChI=1S/C28H29Cl2FN2O2/c1-3-19(2)32-28(35)26(16-20-9-5-4-6-10-20)33(18-21-11-7-12-22(29)15-21)27(34)17-23-24(30)13-8-14-25(23)31/h4-15,19,26H,3,16-18H2,1-2H3,(H,32,35)/t19-,26+/m0/s1. The maximum atomic E-state index is 14.5. The molecule has 0 fully saturated rings. The van der Waals surface area contributed by atoms with Crippen molar-refractivity contribution >= 4 is 35.0 Å². The summed E-state index contributed by atoms with van der Waals surface area (Å²) in [7, 11) is 0. The molecule has 3 aromatic rings. The first-order chi connectivity index (χ1) is 16.8. The van der Waals surface area contributed by atoms with E-state index in [9.17, 15) is 14.0 Å². The summed E-state index contributed by atoms with van der Waals surface area (Å²) in [6.07, 6.45) is 0.783. The number of carbonyl (C=O) groups excluding carboxylic acids is 2. The average Bonchev–Trinajstić information content (AvgIpc) is 2.84. The highest BCUT2D eigenvalue weighted by molar-refractivity contribution is 6.31. The molecule has 0 heterocycles. The van der Waals surface area contributed by atoms with Crippen molar-refractivity contribution in [2.24, 2.45) is 0 Å². The molecule has 3 rings (SSSR count). The molecule has 0 aliphatic rings. The number of nitrogens with zero attached hydrogens (tertiary/aromatic N) is 1. The van der Waals surface area contributed by atoms with Gasteiger partial charge < -0.3 is 10.2 Å². The molecule has 4 nitrogen and oxygen atoms in total. The number of benzene rings is 3. The number of nitrogens with one attached hydrogen (secondary N) is 1. The highest BCUT2D eigenvalue weighted by Gasteiger charge is 2.31. The molecule has 0 saturated carbocycles. The number of hydrogen-bond donors (Lipinski definition) is 1. The zero-order valence-electron chi connectivity index (χ0n) is 19.8. The van der Waals surface area contributed by atoms with Crippen molar-refractivity contribution in [3.05, 3.63) is 105 Å². The van der Waals surface area contributed by atoms with Crippen LogP contribution in [0.25, 0.3) is 0 Å². The predicted octanol–water partition coefficient (Wildman–Crippen LogP) is 6.23. The van der Waals surface area contributed by atoms with E-state index < -0.39 is 17.8 Å². The summed E-state index contributed by atoms with van der Waals surface area (Å²) in [5, 5.41) is 3.70. The van der Waals surface area contributed by atoms with E-state index in [0.29, 0.717) is 11.4 Å². The molecule has 2 amide bonds. The normalized spacial score (nSPS) is 12.6. The molecule has 7 heteroatoms. The lowest BCUT2D eigenvalue weighted by molar-refractivity contribution is -0.141. The van der Waals surface area contributed by atoms with Gasteiger partial charge in [-0.3, -0.25) is 9.59 Å². The molecular formula is C28H29Cl2FN2O2. The van der Waals surface area contributed by atoms with Crippen LogP contribution in [0.2, 0.25) is 10.0 Å². The Morgan fingerprint density at radius 2 is 1.66 bits per heavy atom. The van der Waals surface area contributed by atoms with Crippen LogP contribution in [0.3, 0.4) is 0 Å². The second-order valence-electron chi connectivity index (χ2n) is 8.55. The Morgan fingerprint density at radius 1 is 0.971 bits per heavy atom. The molecular weight excluding hydrogens is 486 g/mol. The van der Waals surface area contributed by atoms with Crippen LogP contribution in [-0.4, -0.2) is 28.8 Å². The maximum Gasteiger partial charge on any atom is 0.243 e. The van der Waals surface area contributed by atoms with Crippen LogP contribution in [0, 0.1) is 5.82 Å². The largest absolute Gasteiger partial charge is 0.352 e. The van der Waals surface area contributed by atoms with Crippen molar-refractivity contribution in [2.45, 2.75) is 51.7 Å². The minimum atomic E-state index is -0.816. The Morgan fingerprint density at radius 3 is 2.31 bits per heavy atom. The van der Waals surface area contributed by atoms with Crippen molar-refractivity contribution in [3.63, 3.8) is 0 Å². The van der Waals surface area contributed by atoms with Crippen LogP contribution in [0.1, 0.15) is 37.0 Å². The summed E-state index contributed by atoms with van der Waals surface area (Å²) in [6.45, 7) is 4.03. The minimum absolute atomic E-state index is 0.0649. The fourth-order valence-electron chi connectivity index (χ4n) is 3.78. The number of carbonyl (C=O) groups is 2. The zero-order chi connectivity index (χ0) is 25.4. The van der Waals surface area contributed by atoms with Gasteiger partial charge in [0, 0.05) is 34.6 Å². The van der Waals surface area contributed by atoms with Crippen LogP contribution < -0.4 is 5.32 Å². The molecule has 1 N–H and O–H groups in total. The number of rotatable bonds is 10. The van der Waals surface area contributed by atoms with Crippen molar-refractivity contribution in [2.75, 3.05) is 0 Å². The van der Waals surface area contributed by atoms with Crippen molar-refractivity contribution in [1.82, 2.24) is 10.2 Å². The van der Waals surface area contributed by atoms with Gasteiger partial charge in [-0.25, -0.2) is 4.39 Å². The highest BCUT2D eigenvalue weighted by Crippen LogP contribution is 2.23. The Kier molecular flexibility index (Phi) is 9.70. The molecule has 0 aromatic heterocycles. The summed E-state index contributed by atoms with van der Waals surface area (Å²) >= 11 is 12.4. The first kappa shape index (κ1) is 26.7. The van der Waals surface area contributed by atoms with Crippen LogP contribution in [0.15, 0.2) is 72.8 Å². The summed E-state index contributed by atoms with van der Waals surface area (Å²) in [6, 6.07) is 20.1. The first-order valence-corrected chi connectivity index (χ1v) is 12.3. The molecule has 0 unspecified atom stereocenters. The van der Waals surface area contributed by atoms with Crippen LogP contribution in [0.5, 0.6) is 0 Å². The fraction of sp³-hybridized carbons (Fsp3) is 0.286. The minimum Gasteiger partial charge on any atom is -0.352 e. The van der Waals surface area contributed by atoms with E-state index in [2.05, 4.69) is 5.32 Å². The van der Waals surface area contributed by atoms with Crippen LogP contribution in [-0.2, 0) is 29.0 Å². The van der Waals surface area contributed by atoms with Gasteiger partial charge in [0.15, 0.2) is 0 Å². The predicted molar refractivity (Wildman–Crippen MR) is 139 cm³/mol. The van der Waals surface area contributed by atoms with Crippen LogP contribution >= 0.6 is 23.2 Å². The summed E-state index contributed by atoms with van der Waals surface area (Å²) in [5.74, 6) is -1.23. The highest BCUT2D eigenvalue weighted by atomic mass is 35.5. The first-order valence-electron chi connectivity index (χ1n) is 11.6. The van der Waals surface area contributed by atoms with Gasteiger partial charge in [0.2, 0.25) is 11.8 Å². The van der Waals surface area contributed by atoms with Crippen LogP contribution in [0.4, 0.5) is 4.39 Å². The van der Waals surface area contributed by atoms with Gasteiger partial charge in [0.1, 0.15) is 11.9 Å².